The van der Waals surface area contributed by atoms with Gasteiger partial charge in [0.15, 0.2) is 5.16 Å². The second-order valence-electron chi connectivity index (χ2n) is 7.86. The van der Waals surface area contributed by atoms with Crippen LogP contribution >= 0.6 is 23.4 Å². The summed E-state index contributed by atoms with van der Waals surface area (Å²) in [4.78, 5) is 25.7. The van der Waals surface area contributed by atoms with Gasteiger partial charge in [-0.2, -0.15) is 15.0 Å². The normalized spacial score (nSPS) is 11.6. The average Bonchev–Trinajstić information content (AvgIpc) is 2.92. The molecule has 5 aromatic rings. The maximum Gasteiger partial charge on any atom is 0.323 e. The maximum atomic E-state index is 12.8. The highest BCUT2D eigenvalue weighted by Crippen LogP contribution is 2.38. The molecule has 184 valence electrons. The largest absolute Gasteiger partial charge is 0.468 e. The number of carbonyl (C=O) groups is 1. The van der Waals surface area contributed by atoms with Gasteiger partial charge >= 0.3 is 5.97 Å². The number of benzene rings is 4. The van der Waals surface area contributed by atoms with E-state index >= 15 is 0 Å². The van der Waals surface area contributed by atoms with E-state index in [1.165, 1.54) is 7.11 Å². The molecule has 7 nitrogen and oxygen atoms in total. The Morgan fingerprint density at radius 1 is 0.838 bits per heavy atom. The van der Waals surface area contributed by atoms with Crippen LogP contribution in [0.15, 0.2) is 102 Å². The van der Waals surface area contributed by atoms with E-state index in [1.54, 1.807) is 0 Å². The number of nitrogens with zero attached hydrogens (tertiary/aromatic N) is 3. The van der Waals surface area contributed by atoms with Gasteiger partial charge in [0.2, 0.25) is 11.2 Å². The zero-order valence-electron chi connectivity index (χ0n) is 19.7. The Labute approximate surface area is 222 Å². The molecule has 0 amide bonds. The standard InChI is InChI=1S/C28H21ClN4O3S/c1-35-25(34)24(23-13-7-9-18-8-5-6-12-22(18)23)37-28-32-26(29)31-27(33-28)30-19-14-16-21(17-15-19)36-20-10-3-2-4-11-20/h2-17,24H,1H3,(H,30,31,32,33). The molecule has 1 N–H and O–H groups in total. The molecular formula is C28H21ClN4O3S. The second-order valence-corrected chi connectivity index (χ2v) is 9.27. The number of aromatic nitrogens is 3. The van der Waals surface area contributed by atoms with E-state index in [-0.39, 0.29) is 16.4 Å². The first-order chi connectivity index (χ1) is 18.1. The van der Waals surface area contributed by atoms with Crippen molar-refractivity contribution in [2.24, 2.45) is 0 Å². The SMILES string of the molecule is COC(=O)C(Sc1nc(Cl)nc(Nc2ccc(Oc3ccccc3)cc2)n1)c1cccc2ccccc12. The molecule has 0 aliphatic rings. The van der Waals surface area contributed by atoms with Gasteiger partial charge in [0.1, 0.15) is 16.7 Å². The zero-order chi connectivity index (χ0) is 25.6. The lowest BCUT2D eigenvalue weighted by atomic mass is 10.0. The molecule has 1 aromatic heterocycles. The van der Waals surface area contributed by atoms with Gasteiger partial charge in [0.25, 0.3) is 0 Å². The van der Waals surface area contributed by atoms with Crippen LogP contribution in [-0.2, 0) is 9.53 Å². The fourth-order valence-corrected chi connectivity index (χ4v) is 4.95. The van der Waals surface area contributed by atoms with Crippen LogP contribution in [0.2, 0.25) is 5.28 Å². The lowest BCUT2D eigenvalue weighted by molar-refractivity contribution is -0.140. The fraction of sp³-hybridized carbons (Fsp3) is 0.0714. The van der Waals surface area contributed by atoms with E-state index in [4.69, 9.17) is 21.1 Å². The van der Waals surface area contributed by atoms with Crippen molar-refractivity contribution in [3.63, 3.8) is 0 Å². The third-order valence-corrected chi connectivity index (χ3v) is 6.67. The third kappa shape index (κ3) is 5.99. The number of rotatable bonds is 8. The van der Waals surface area contributed by atoms with Crippen molar-refractivity contribution in [2.45, 2.75) is 10.4 Å². The highest BCUT2D eigenvalue weighted by Gasteiger charge is 2.26. The van der Waals surface area contributed by atoms with Gasteiger partial charge in [0.05, 0.1) is 7.11 Å². The predicted molar refractivity (Wildman–Crippen MR) is 146 cm³/mol. The summed E-state index contributed by atoms with van der Waals surface area (Å²) in [5.74, 6) is 1.28. The van der Waals surface area contributed by atoms with E-state index in [0.29, 0.717) is 5.75 Å². The number of esters is 1. The van der Waals surface area contributed by atoms with Crippen LogP contribution in [0.4, 0.5) is 11.6 Å². The fourth-order valence-electron chi connectivity index (χ4n) is 3.73. The second kappa shape index (κ2) is 11.3. The summed E-state index contributed by atoms with van der Waals surface area (Å²) in [6.45, 7) is 0. The Morgan fingerprint density at radius 3 is 2.32 bits per heavy atom. The van der Waals surface area contributed by atoms with Crippen LogP contribution in [0.25, 0.3) is 10.8 Å². The molecule has 5 rings (SSSR count). The number of hydrogen-bond acceptors (Lipinski definition) is 8. The van der Waals surface area contributed by atoms with Gasteiger partial charge < -0.3 is 14.8 Å². The molecule has 0 aliphatic carbocycles. The lowest BCUT2D eigenvalue weighted by Crippen LogP contribution is -2.12. The minimum absolute atomic E-state index is 0.00515. The Bertz CT molecular complexity index is 1530. The number of fused-ring (bicyclic) bond motifs is 1. The molecule has 1 heterocycles. The highest BCUT2D eigenvalue weighted by atomic mass is 35.5. The molecule has 0 aliphatic heterocycles. The van der Waals surface area contributed by atoms with Crippen molar-refractivity contribution < 1.29 is 14.3 Å². The molecule has 0 fully saturated rings. The first-order valence-electron chi connectivity index (χ1n) is 11.3. The van der Waals surface area contributed by atoms with E-state index in [1.807, 2.05) is 97.1 Å². The molecule has 0 saturated heterocycles. The summed E-state index contributed by atoms with van der Waals surface area (Å²) in [6, 6.07) is 30.6. The zero-order valence-corrected chi connectivity index (χ0v) is 21.2. The highest BCUT2D eigenvalue weighted by molar-refractivity contribution is 8.00. The average molecular weight is 529 g/mol. The van der Waals surface area contributed by atoms with Crippen molar-refractivity contribution in [1.82, 2.24) is 15.0 Å². The summed E-state index contributed by atoms with van der Waals surface area (Å²) in [6.07, 6.45) is 0. The molecule has 0 radical (unpaired) electrons. The summed E-state index contributed by atoms with van der Waals surface area (Å²) < 4.78 is 10.9. The number of methoxy groups -OCH3 is 1. The van der Waals surface area contributed by atoms with Crippen LogP contribution in [-0.4, -0.2) is 28.0 Å². The number of ether oxygens (including phenoxy) is 2. The summed E-state index contributed by atoms with van der Waals surface area (Å²) in [5.41, 5.74) is 1.53. The molecule has 0 saturated carbocycles. The number of halogens is 1. The molecular weight excluding hydrogens is 508 g/mol. The third-order valence-electron chi connectivity index (χ3n) is 5.42. The van der Waals surface area contributed by atoms with E-state index in [0.717, 1.165) is 39.5 Å². The van der Waals surface area contributed by atoms with Gasteiger partial charge in [-0.1, -0.05) is 72.4 Å². The Morgan fingerprint density at radius 2 is 1.54 bits per heavy atom. The molecule has 37 heavy (non-hydrogen) atoms. The minimum Gasteiger partial charge on any atom is -0.468 e. The molecule has 0 bridgehead atoms. The smallest absolute Gasteiger partial charge is 0.323 e. The van der Waals surface area contributed by atoms with E-state index < -0.39 is 11.2 Å². The molecule has 1 unspecified atom stereocenters. The van der Waals surface area contributed by atoms with Gasteiger partial charge in [-0.3, -0.25) is 4.79 Å². The van der Waals surface area contributed by atoms with Crippen LogP contribution in [0.5, 0.6) is 11.5 Å². The van der Waals surface area contributed by atoms with Gasteiger partial charge in [-0.15, -0.1) is 0 Å². The summed E-state index contributed by atoms with van der Waals surface area (Å²) in [7, 11) is 1.36. The minimum atomic E-state index is -0.697. The van der Waals surface area contributed by atoms with Crippen molar-refractivity contribution in [2.75, 3.05) is 12.4 Å². The number of hydrogen-bond donors (Lipinski definition) is 1. The molecule has 4 aromatic carbocycles. The Hall–Kier alpha value is -4.14. The topological polar surface area (TPSA) is 86.2 Å². The maximum absolute atomic E-state index is 12.8. The van der Waals surface area contributed by atoms with Gasteiger partial charge in [-0.05, 0) is 64.3 Å². The number of nitrogens with one attached hydrogen (secondary N) is 1. The number of carbonyl (C=O) groups excluding carboxylic acids is 1. The van der Waals surface area contributed by atoms with Crippen molar-refractivity contribution in [1.29, 1.82) is 0 Å². The molecule has 0 spiro atoms. The number of anilines is 2. The van der Waals surface area contributed by atoms with Crippen molar-refractivity contribution in [3.05, 3.63) is 108 Å². The van der Waals surface area contributed by atoms with Crippen LogP contribution in [0.3, 0.4) is 0 Å². The lowest BCUT2D eigenvalue weighted by Gasteiger charge is -2.16. The molecule has 1 atom stereocenters. The van der Waals surface area contributed by atoms with Crippen LogP contribution < -0.4 is 10.1 Å². The van der Waals surface area contributed by atoms with E-state index in [9.17, 15) is 4.79 Å². The summed E-state index contributed by atoms with van der Waals surface area (Å²) in [5, 5.41) is 4.69. The van der Waals surface area contributed by atoms with E-state index in [2.05, 4.69) is 20.3 Å². The first kappa shape index (κ1) is 24.5. The Balaban J connectivity index is 1.37. The van der Waals surface area contributed by atoms with Crippen molar-refractivity contribution >= 4 is 51.7 Å². The van der Waals surface area contributed by atoms with Crippen LogP contribution in [0.1, 0.15) is 10.8 Å². The van der Waals surface area contributed by atoms with Gasteiger partial charge in [0, 0.05) is 5.69 Å². The van der Waals surface area contributed by atoms with Gasteiger partial charge in [-0.25, -0.2) is 0 Å². The Kier molecular flexibility index (Phi) is 7.49. The van der Waals surface area contributed by atoms with Crippen molar-refractivity contribution in [3.8, 4) is 11.5 Å². The number of thioether (sulfide) groups is 1. The predicted octanol–water partition coefficient (Wildman–Crippen LogP) is 7.22. The monoisotopic (exact) mass is 528 g/mol. The molecule has 9 heteroatoms. The first-order valence-corrected chi connectivity index (χ1v) is 12.6. The number of para-hydroxylation sites is 1. The quantitative estimate of drug-likeness (QED) is 0.167. The van der Waals surface area contributed by atoms with Crippen LogP contribution in [0, 0.1) is 0 Å². The summed E-state index contributed by atoms with van der Waals surface area (Å²) >= 11 is 7.37.